The van der Waals surface area contributed by atoms with Crippen LogP contribution in [0.15, 0.2) is 22.7 Å². The van der Waals surface area contributed by atoms with E-state index in [0.717, 1.165) is 43.4 Å². The van der Waals surface area contributed by atoms with Gasteiger partial charge in [0.1, 0.15) is 0 Å². The van der Waals surface area contributed by atoms with E-state index in [1.807, 2.05) is 4.90 Å². The van der Waals surface area contributed by atoms with Gasteiger partial charge < -0.3 is 10.2 Å². The van der Waals surface area contributed by atoms with Crippen molar-refractivity contribution >= 4 is 33.4 Å². The van der Waals surface area contributed by atoms with E-state index in [1.165, 1.54) is 6.42 Å². The van der Waals surface area contributed by atoms with E-state index >= 15 is 0 Å². The van der Waals surface area contributed by atoms with Crippen LogP contribution in [0.2, 0.25) is 5.02 Å². The molecule has 0 aliphatic carbocycles. The van der Waals surface area contributed by atoms with Crippen LogP contribution in [0.25, 0.3) is 0 Å². The third kappa shape index (κ3) is 4.70. The maximum Gasteiger partial charge on any atom is 0.255 e. The van der Waals surface area contributed by atoms with E-state index in [4.69, 9.17) is 11.6 Å². The van der Waals surface area contributed by atoms with Gasteiger partial charge in [-0.2, -0.15) is 0 Å². The Kier molecular flexibility index (Phi) is 6.52. The molecule has 3 nitrogen and oxygen atoms in total. The van der Waals surface area contributed by atoms with E-state index in [9.17, 15) is 4.79 Å². The molecule has 1 aromatic carbocycles. The number of halogens is 2. The van der Waals surface area contributed by atoms with Gasteiger partial charge >= 0.3 is 0 Å². The summed E-state index contributed by atoms with van der Waals surface area (Å²) in [5, 5.41) is 4.10. The highest BCUT2D eigenvalue weighted by Crippen LogP contribution is 2.23. The molecule has 1 aliphatic heterocycles. The van der Waals surface area contributed by atoms with Crippen LogP contribution in [-0.2, 0) is 0 Å². The van der Waals surface area contributed by atoms with E-state index < -0.39 is 0 Å². The maximum absolute atomic E-state index is 12.8. The van der Waals surface area contributed by atoms with Crippen molar-refractivity contribution in [2.75, 3.05) is 19.6 Å². The van der Waals surface area contributed by atoms with Gasteiger partial charge in [-0.3, -0.25) is 4.79 Å². The molecule has 0 radical (unpaired) electrons. The van der Waals surface area contributed by atoms with E-state index in [1.54, 1.807) is 18.2 Å². The molecule has 116 valence electrons. The zero-order chi connectivity index (χ0) is 15.2. The molecular formula is C16H22BrClN2O. The number of nitrogens with zero attached hydrogens (tertiary/aromatic N) is 1. The number of nitrogens with one attached hydrogen (secondary N) is 1. The van der Waals surface area contributed by atoms with Crippen molar-refractivity contribution in [1.29, 1.82) is 0 Å². The minimum absolute atomic E-state index is 0.0840. The van der Waals surface area contributed by atoms with Crippen molar-refractivity contribution in [1.82, 2.24) is 10.2 Å². The minimum atomic E-state index is 0.0840. The summed E-state index contributed by atoms with van der Waals surface area (Å²) in [7, 11) is 0. The molecule has 1 aromatic rings. The number of amides is 1. The summed E-state index contributed by atoms with van der Waals surface area (Å²) in [6, 6.07) is 5.78. The predicted molar refractivity (Wildman–Crippen MR) is 91.0 cm³/mol. The van der Waals surface area contributed by atoms with Gasteiger partial charge in [-0.25, -0.2) is 0 Å². The summed E-state index contributed by atoms with van der Waals surface area (Å²) >= 11 is 9.41. The summed E-state index contributed by atoms with van der Waals surface area (Å²) in [6.45, 7) is 4.80. The quantitative estimate of drug-likeness (QED) is 0.814. The SMILES string of the molecule is CCCCN(CC1CCCN1)C(=O)c1ccc(Cl)cc1Br. The monoisotopic (exact) mass is 372 g/mol. The third-order valence-corrected chi connectivity index (χ3v) is 4.72. The number of rotatable bonds is 6. The van der Waals surface area contributed by atoms with Crippen molar-refractivity contribution in [3.05, 3.63) is 33.3 Å². The fraction of sp³-hybridized carbons (Fsp3) is 0.562. The second-order valence-electron chi connectivity index (χ2n) is 5.52. The number of hydrogen-bond donors (Lipinski definition) is 1. The summed E-state index contributed by atoms with van der Waals surface area (Å²) in [5.41, 5.74) is 0.688. The molecule has 2 rings (SSSR count). The standard InChI is InChI=1S/C16H22BrClN2O/c1-2-3-9-20(11-13-5-4-8-19-13)16(21)14-7-6-12(18)10-15(14)17/h6-7,10,13,19H,2-5,8-9,11H2,1H3. The van der Waals surface area contributed by atoms with Gasteiger partial charge in [-0.05, 0) is 59.9 Å². The van der Waals surface area contributed by atoms with Gasteiger partial charge in [0.2, 0.25) is 0 Å². The number of unbranched alkanes of at least 4 members (excludes halogenated alkanes) is 1. The smallest absolute Gasteiger partial charge is 0.255 e. The van der Waals surface area contributed by atoms with Crippen LogP contribution in [-0.4, -0.2) is 36.5 Å². The average molecular weight is 374 g/mol. The van der Waals surface area contributed by atoms with Gasteiger partial charge in [0, 0.05) is 28.6 Å². The van der Waals surface area contributed by atoms with Crippen LogP contribution in [0.5, 0.6) is 0 Å². The maximum atomic E-state index is 12.8. The molecule has 1 unspecified atom stereocenters. The lowest BCUT2D eigenvalue weighted by Gasteiger charge is -2.26. The van der Waals surface area contributed by atoms with Crippen molar-refractivity contribution in [2.45, 2.75) is 38.6 Å². The molecule has 1 amide bonds. The molecule has 1 saturated heterocycles. The Hall–Kier alpha value is -0.580. The molecule has 1 heterocycles. The highest BCUT2D eigenvalue weighted by molar-refractivity contribution is 9.10. The molecular weight excluding hydrogens is 352 g/mol. The fourth-order valence-corrected chi connectivity index (χ4v) is 3.49. The lowest BCUT2D eigenvalue weighted by atomic mass is 10.1. The van der Waals surface area contributed by atoms with Gasteiger partial charge in [0.15, 0.2) is 0 Å². The molecule has 0 bridgehead atoms. The topological polar surface area (TPSA) is 32.3 Å². The molecule has 0 spiro atoms. The van der Waals surface area contributed by atoms with Crippen molar-refractivity contribution in [3.63, 3.8) is 0 Å². The largest absolute Gasteiger partial charge is 0.337 e. The van der Waals surface area contributed by atoms with Gasteiger partial charge in [0.25, 0.3) is 5.91 Å². The molecule has 1 atom stereocenters. The van der Waals surface area contributed by atoms with Crippen molar-refractivity contribution < 1.29 is 4.79 Å². The van der Waals surface area contributed by atoms with E-state index in [-0.39, 0.29) is 5.91 Å². The van der Waals surface area contributed by atoms with Gasteiger partial charge in [-0.1, -0.05) is 24.9 Å². The first-order chi connectivity index (χ1) is 10.1. The summed E-state index contributed by atoms with van der Waals surface area (Å²) < 4.78 is 0.765. The van der Waals surface area contributed by atoms with Crippen LogP contribution >= 0.6 is 27.5 Å². The van der Waals surface area contributed by atoms with Crippen molar-refractivity contribution in [2.24, 2.45) is 0 Å². The van der Waals surface area contributed by atoms with Crippen LogP contribution in [0.1, 0.15) is 43.0 Å². The van der Waals surface area contributed by atoms with Gasteiger partial charge in [-0.15, -0.1) is 0 Å². The molecule has 5 heteroatoms. The Balaban J connectivity index is 2.11. The molecule has 0 saturated carbocycles. The van der Waals surface area contributed by atoms with E-state index in [2.05, 4.69) is 28.2 Å². The average Bonchev–Trinajstić information content (AvgIpc) is 2.95. The lowest BCUT2D eigenvalue weighted by Crippen LogP contribution is -2.41. The first-order valence-corrected chi connectivity index (χ1v) is 8.76. The zero-order valence-electron chi connectivity index (χ0n) is 12.4. The van der Waals surface area contributed by atoms with E-state index in [0.29, 0.717) is 16.6 Å². The lowest BCUT2D eigenvalue weighted by molar-refractivity contribution is 0.0738. The first kappa shape index (κ1) is 16.8. The molecule has 1 N–H and O–H groups in total. The molecule has 1 fully saturated rings. The summed E-state index contributed by atoms with van der Waals surface area (Å²) in [4.78, 5) is 14.8. The highest BCUT2D eigenvalue weighted by Gasteiger charge is 2.23. The van der Waals surface area contributed by atoms with Crippen LogP contribution in [0.3, 0.4) is 0 Å². The minimum Gasteiger partial charge on any atom is -0.337 e. The summed E-state index contributed by atoms with van der Waals surface area (Å²) in [6.07, 6.45) is 4.47. The van der Waals surface area contributed by atoms with Crippen LogP contribution in [0.4, 0.5) is 0 Å². The van der Waals surface area contributed by atoms with Crippen LogP contribution < -0.4 is 5.32 Å². The van der Waals surface area contributed by atoms with Gasteiger partial charge in [0.05, 0.1) is 5.56 Å². The highest BCUT2D eigenvalue weighted by atomic mass is 79.9. The molecule has 21 heavy (non-hydrogen) atoms. The Morgan fingerprint density at radius 3 is 2.95 bits per heavy atom. The van der Waals surface area contributed by atoms with Crippen molar-refractivity contribution in [3.8, 4) is 0 Å². The normalized spacial score (nSPS) is 18.0. The number of hydrogen-bond acceptors (Lipinski definition) is 2. The summed E-state index contributed by atoms with van der Waals surface area (Å²) in [5.74, 6) is 0.0840. The van der Waals surface area contributed by atoms with Crippen LogP contribution in [0, 0.1) is 0 Å². The number of carbonyl (C=O) groups excluding carboxylic acids is 1. The second kappa shape index (κ2) is 8.16. The first-order valence-electron chi connectivity index (χ1n) is 7.59. The molecule has 1 aliphatic rings. The fourth-order valence-electron chi connectivity index (χ4n) is 2.64. The zero-order valence-corrected chi connectivity index (χ0v) is 14.7. The predicted octanol–water partition coefficient (Wildman–Crippen LogP) is 4.10. The Labute approximate surface area is 140 Å². The Morgan fingerprint density at radius 1 is 1.52 bits per heavy atom. The molecule has 0 aromatic heterocycles. The second-order valence-corrected chi connectivity index (χ2v) is 6.81. The number of carbonyl (C=O) groups is 1. The number of benzene rings is 1. The Bertz CT molecular complexity index is 489. The third-order valence-electron chi connectivity index (χ3n) is 3.83. The Morgan fingerprint density at radius 2 is 2.33 bits per heavy atom.